The van der Waals surface area contributed by atoms with Gasteiger partial charge in [0.2, 0.25) is 10.0 Å². The van der Waals surface area contributed by atoms with Gasteiger partial charge in [0.25, 0.3) is 0 Å². The minimum Gasteiger partial charge on any atom is -0.497 e. The first kappa shape index (κ1) is 20.6. The van der Waals surface area contributed by atoms with Crippen LogP contribution in [0, 0.1) is 19.8 Å². The number of aromatic nitrogens is 2. The van der Waals surface area contributed by atoms with E-state index in [0.29, 0.717) is 36.3 Å². The van der Waals surface area contributed by atoms with Gasteiger partial charge in [-0.15, -0.1) is 0 Å². The number of benzene rings is 2. The Balaban J connectivity index is 1.59. The molecule has 1 atom stereocenters. The van der Waals surface area contributed by atoms with E-state index >= 15 is 0 Å². The van der Waals surface area contributed by atoms with E-state index in [0.717, 1.165) is 16.5 Å². The van der Waals surface area contributed by atoms with Crippen molar-refractivity contribution in [1.82, 2.24) is 14.5 Å². The summed E-state index contributed by atoms with van der Waals surface area (Å²) in [6.45, 7) is 3.97. The Morgan fingerprint density at radius 1 is 1.17 bits per heavy atom. The number of Topliss-reactive ketones (excluding diaryl/α,β-unsaturated/α-hetero) is 1. The highest BCUT2D eigenvalue weighted by atomic mass is 32.2. The Kier molecular flexibility index (Phi) is 5.38. The quantitative estimate of drug-likeness (QED) is 0.630. The molecule has 1 aliphatic rings. The molecule has 2 heterocycles. The van der Waals surface area contributed by atoms with Crippen molar-refractivity contribution in [2.24, 2.45) is 5.92 Å². The normalized spacial score (nSPS) is 17.9. The first-order chi connectivity index (χ1) is 14.3. The zero-order valence-corrected chi connectivity index (χ0v) is 18.1. The maximum Gasteiger partial charge on any atom is 0.246 e. The fourth-order valence-electron chi connectivity index (χ4n) is 4.16. The number of carbonyl (C=O) groups excluding carboxylic acids is 1. The molecular weight excluding hydrogens is 402 g/mol. The molecule has 158 valence electrons. The summed E-state index contributed by atoms with van der Waals surface area (Å²) in [5.74, 6) is 0.379. The van der Waals surface area contributed by atoms with Crippen LogP contribution in [0.5, 0.6) is 5.75 Å². The molecule has 0 aliphatic carbocycles. The molecule has 0 spiro atoms. The van der Waals surface area contributed by atoms with Crippen LogP contribution in [0.4, 0.5) is 0 Å². The molecule has 0 unspecified atom stereocenters. The Labute approximate surface area is 176 Å². The number of hydrogen-bond donors (Lipinski definition) is 1. The van der Waals surface area contributed by atoms with E-state index in [1.807, 2.05) is 36.4 Å². The smallest absolute Gasteiger partial charge is 0.246 e. The summed E-state index contributed by atoms with van der Waals surface area (Å²) in [6.07, 6.45) is 1.32. The molecule has 1 N–H and O–H groups in total. The number of piperidine rings is 1. The molecule has 8 heteroatoms. The third-order valence-electron chi connectivity index (χ3n) is 5.75. The van der Waals surface area contributed by atoms with Crippen LogP contribution in [0.25, 0.3) is 10.8 Å². The van der Waals surface area contributed by atoms with Crippen LogP contribution in [0.3, 0.4) is 0 Å². The lowest BCUT2D eigenvalue weighted by atomic mass is 9.90. The number of aromatic amines is 1. The van der Waals surface area contributed by atoms with Crippen LogP contribution in [0.15, 0.2) is 41.3 Å². The van der Waals surface area contributed by atoms with Crippen LogP contribution in [0.2, 0.25) is 0 Å². The lowest BCUT2D eigenvalue weighted by molar-refractivity contribution is 0.0872. The molecular formula is C22H25N3O4S. The fourth-order valence-corrected chi connectivity index (χ4v) is 6.02. The third-order valence-corrected chi connectivity index (χ3v) is 7.87. The zero-order valence-electron chi connectivity index (χ0n) is 17.3. The van der Waals surface area contributed by atoms with Crippen LogP contribution in [0.1, 0.15) is 34.6 Å². The monoisotopic (exact) mass is 427 g/mol. The largest absolute Gasteiger partial charge is 0.497 e. The third kappa shape index (κ3) is 3.61. The standard InChI is InChI=1S/C22H25N3O4S/c1-14-22(15(2)24-23-14)30(27,28)25-10-4-5-19(13-25)21(26)18-7-6-17-12-20(29-3)9-8-16(17)11-18/h6-9,11-12,19H,4-5,10,13H2,1-3H3,(H,23,24)/t19-/m1/s1. The van der Waals surface area contributed by atoms with Crippen LogP contribution in [-0.4, -0.2) is 48.9 Å². The van der Waals surface area contributed by atoms with E-state index in [4.69, 9.17) is 4.74 Å². The minimum atomic E-state index is -3.70. The number of aryl methyl sites for hydroxylation is 2. The van der Waals surface area contributed by atoms with E-state index in [9.17, 15) is 13.2 Å². The molecule has 0 radical (unpaired) electrons. The Bertz CT molecular complexity index is 1200. The highest BCUT2D eigenvalue weighted by molar-refractivity contribution is 7.89. The number of fused-ring (bicyclic) bond motifs is 1. The molecule has 1 aliphatic heterocycles. The number of carbonyl (C=O) groups is 1. The SMILES string of the molecule is COc1ccc2cc(C(=O)[C@@H]3CCCN(S(=O)(=O)c4c(C)n[nH]c4C)C3)ccc2c1. The van der Waals surface area contributed by atoms with Gasteiger partial charge in [0.15, 0.2) is 5.78 Å². The average molecular weight is 428 g/mol. The summed E-state index contributed by atoms with van der Waals surface area (Å²) >= 11 is 0. The van der Waals surface area contributed by atoms with Gasteiger partial charge >= 0.3 is 0 Å². The maximum atomic E-state index is 13.2. The second-order valence-corrected chi connectivity index (χ2v) is 9.63. The van der Waals surface area contributed by atoms with Crippen molar-refractivity contribution in [2.45, 2.75) is 31.6 Å². The van der Waals surface area contributed by atoms with Gasteiger partial charge in [-0.1, -0.05) is 18.2 Å². The van der Waals surface area contributed by atoms with Crippen molar-refractivity contribution < 1.29 is 17.9 Å². The number of hydrogen-bond acceptors (Lipinski definition) is 5. The van der Waals surface area contributed by atoms with Gasteiger partial charge in [-0.25, -0.2) is 8.42 Å². The van der Waals surface area contributed by atoms with Gasteiger partial charge in [0, 0.05) is 24.6 Å². The number of sulfonamides is 1. The molecule has 7 nitrogen and oxygen atoms in total. The van der Waals surface area contributed by atoms with Gasteiger partial charge in [0.05, 0.1) is 18.5 Å². The van der Waals surface area contributed by atoms with E-state index in [1.165, 1.54) is 4.31 Å². The second kappa shape index (κ2) is 7.85. The summed E-state index contributed by atoms with van der Waals surface area (Å²) in [5.41, 5.74) is 1.57. The first-order valence-corrected chi connectivity index (χ1v) is 11.4. The van der Waals surface area contributed by atoms with Crippen LogP contribution < -0.4 is 4.74 Å². The van der Waals surface area contributed by atoms with Crippen molar-refractivity contribution >= 4 is 26.6 Å². The van der Waals surface area contributed by atoms with E-state index < -0.39 is 10.0 Å². The van der Waals surface area contributed by atoms with E-state index in [-0.39, 0.29) is 23.1 Å². The summed E-state index contributed by atoms with van der Waals surface area (Å²) in [6, 6.07) is 11.3. The highest BCUT2D eigenvalue weighted by Crippen LogP contribution is 2.29. The van der Waals surface area contributed by atoms with Crippen molar-refractivity contribution in [3.8, 4) is 5.75 Å². The Morgan fingerprint density at radius 3 is 2.60 bits per heavy atom. The lowest BCUT2D eigenvalue weighted by Gasteiger charge is -2.31. The predicted octanol–water partition coefficient (Wildman–Crippen LogP) is 3.47. The highest BCUT2D eigenvalue weighted by Gasteiger charge is 2.36. The van der Waals surface area contributed by atoms with Crippen LogP contribution >= 0.6 is 0 Å². The molecule has 0 bridgehead atoms. The van der Waals surface area contributed by atoms with Gasteiger partial charge in [-0.3, -0.25) is 9.89 Å². The molecule has 1 saturated heterocycles. The maximum absolute atomic E-state index is 13.2. The number of H-pyrrole nitrogens is 1. The van der Waals surface area contributed by atoms with Gasteiger partial charge < -0.3 is 4.74 Å². The molecule has 0 saturated carbocycles. The fraction of sp³-hybridized carbons (Fsp3) is 0.364. The minimum absolute atomic E-state index is 0.0201. The number of ether oxygens (including phenoxy) is 1. The summed E-state index contributed by atoms with van der Waals surface area (Å²) in [5, 5.41) is 8.69. The van der Waals surface area contributed by atoms with E-state index in [2.05, 4.69) is 10.2 Å². The summed E-state index contributed by atoms with van der Waals surface area (Å²) < 4.78 is 33.0. The predicted molar refractivity (Wildman–Crippen MR) is 114 cm³/mol. The Hall–Kier alpha value is -2.71. The van der Waals surface area contributed by atoms with Crippen molar-refractivity contribution in [3.05, 3.63) is 53.3 Å². The molecule has 1 aromatic heterocycles. The summed E-state index contributed by atoms with van der Waals surface area (Å²) in [7, 11) is -2.08. The molecule has 1 fully saturated rings. The first-order valence-electron chi connectivity index (χ1n) is 9.95. The number of nitrogens with zero attached hydrogens (tertiary/aromatic N) is 2. The Morgan fingerprint density at radius 2 is 1.90 bits per heavy atom. The topological polar surface area (TPSA) is 92.4 Å². The zero-order chi connectivity index (χ0) is 21.5. The summed E-state index contributed by atoms with van der Waals surface area (Å²) in [4.78, 5) is 13.4. The molecule has 2 aromatic carbocycles. The van der Waals surface area contributed by atoms with E-state index in [1.54, 1.807) is 21.0 Å². The van der Waals surface area contributed by atoms with Gasteiger partial charge in [-0.2, -0.15) is 9.40 Å². The molecule has 0 amide bonds. The number of ketones is 1. The van der Waals surface area contributed by atoms with Crippen molar-refractivity contribution in [3.63, 3.8) is 0 Å². The number of rotatable bonds is 5. The average Bonchev–Trinajstić information content (AvgIpc) is 3.11. The molecule has 3 aromatic rings. The van der Waals surface area contributed by atoms with Crippen molar-refractivity contribution in [2.75, 3.05) is 20.2 Å². The molecule has 30 heavy (non-hydrogen) atoms. The van der Waals surface area contributed by atoms with Gasteiger partial charge in [-0.05, 0) is 55.7 Å². The lowest BCUT2D eigenvalue weighted by Crippen LogP contribution is -2.42. The van der Waals surface area contributed by atoms with Crippen molar-refractivity contribution in [1.29, 1.82) is 0 Å². The number of methoxy groups -OCH3 is 1. The second-order valence-electron chi connectivity index (χ2n) is 7.76. The van der Waals surface area contributed by atoms with Gasteiger partial charge in [0.1, 0.15) is 10.6 Å². The van der Waals surface area contributed by atoms with Crippen LogP contribution in [-0.2, 0) is 10.0 Å². The molecule has 4 rings (SSSR count). The number of nitrogens with one attached hydrogen (secondary N) is 1.